The summed E-state index contributed by atoms with van der Waals surface area (Å²) in [5.41, 5.74) is 3.40. The molecular weight excluding hydrogens is 757 g/mol. The molecule has 8 atom stereocenters. The second-order valence-corrected chi connectivity index (χ2v) is 18.2. The number of carbonyl (C=O) groups is 2. The molecule has 2 aliphatic carbocycles. The van der Waals surface area contributed by atoms with E-state index in [1.807, 2.05) is 71.6 Å². The van der Waals surface area contributed by atoms with Gasteiger partial charge in [0.1, 0.15) is 0 Å². The lowest BCUT2D eigenvalue weighted by Gasteiger charge is -2.32. The third-order valence-corrected chi connectivity index (χ3v) is 14.5. The summed E-state index contributed by atoms with van der Waals surface area (Å²) < 4.78 is 3.73. The maximum Gasteiger partial charge on any atom is 0.258 e. The van der Waals surface area contributed by atoms with Gasteiger partial charge in [-0.05, 0) is 89.7 Å². The first-order valence-electron chi connectivity index (χ1n) is 23.3. The molecule has 4 aliphatic heterocycles. The number of nitrogens with one attached hydrogen (secondary N) is 2. The van der Waals surface area contributed by atoms with Gasteiger partial charge in [-0.15, -0.1) is 0 Å². The van der Waals surface area contributed by atoms with Crippen LogP contribution >= 0.6 is 0 Å². The van der Waals surface area contributed by atoms with Crippen molar-refractivity contribution in [1.82, 2.24) is 29.6 Å². The Kier molecular flexibility index (Phi) is 14.7. The van der Waals surface area contributed by atoms with Crippen LogP contribution in [0, 0.1) is 23.7 Å². The summed E-state index contributed by atoms with van der Waals surface area (Å²) in [5.74, 6) is -0.0369. The van der Waals surface area contributed by atoms with Crippen molar-refractivity contribution in [3.8, 4) is 0 Å². The Morgan fingerprint density at radius 3 is 1.35 bits per heavy atom. The van der Waals surface area contributed by atoms with Crippen molar-refractivity contribution in [3.05, 3.63) is 79.6 Å². The van der Waals surface area contributed by atoms with E-state index in [-0.39, 0.29) is 96.1 Å². The fraction of sp³-hybridized carbons (Fsp3) is 0.667. The highest BCUT2D eigenvalue weighted by molar-refractivity contribution is 5.83. The first kappa shape index (κ1) is 44.2. The van der Waals surface area contributed by atoms with Crippen LogP contribution in [0.25, 0.3) is 12.2 Å². The van der Waals surface area contributed by atoms with Crippen molar-refractivity contribution < 1.29 is 19.8 Å². The molecule has 2 saturated carbocycles. The number of fused-ring (bicyclic) bond motifs is 6. The molecule has 6 heterocycles. The molecule has 0 spiro atoms. The molecule has 0 radical (unpaired) electrons. The van der Waals surface area contributed by atoms with Crippen molar-refractivity contribution in [2.45, 2.75) is 154 Å². The molecule has 0 unspecified atom stereocenters. The Morgan fingerprint density at radius 2 is 1.02 bits per heavy atom. The normalized spacial score (nSPS) is 29.3. The lowest BCUT2D eigenvalue weighted by Crippen LogP contribution is -2.51. The number of hydrogen-bond acceptors (Lipinski definition) is 8. The molecule has 6 aliphatic rings. The minimum atomic E-state index is -0.328. The highest BCUT2D eigenvalue weighted by Gasteiger charge is 2.56. The molecular formula is C48H70N6O6. The number of likely N-dealkylation sites (tertiary alicyclic amines) is 2. The average molecular weight is 827 g/mol. The molecule has 4 N–H and O–H groups in total. The van der Waals surface area contributed by atoms with E-state index < -0.39 is 0 Å². The van der Waals surface area contributed by atoms with E-state index in [1.165, 1.54) is 38.5 Å². The number of nitrogens with zero attached hydrogens (tertiary/aromatic N) is 4. The van der Waals surface area contributed by atoms with Crippen LogP contribution in [0.15, 0.2) is 46.0 Å². The molecule has 2 saturated heterocycles. The maximum atomic E-state index is 13.4. The number of carbonyl (C=O) groups excluding carboxylic acids is 2. The van der Waals surface area contributed by atoms with Crippen molar-refractivity contribution in [2.24, 2.45) is 23.7 Å². The number of hydrogen-bond donors (Lipinski definition) is 4. The van der Waals surface area contributed by atoms with E-state index in [9.17, 15) is 29.4 Å². The second-order valence-electron chi connectivity index (χ2n) is 18.2. The van der Waals surface area contributed by atoms with E-state index in [4.69, 9.17) is 0 Å². The summed E-state index contributed by atoms with van der Waals surface area (Å²) in [5, 5.41) is 27.2. The fourth-order valence-electron chi connectivity index (χ4n) is 12.0. The van der Waals surface area contributed by atoms with Crippen LogP contribution in [0.2, 0.25) is 0 Å². The van der Waals surface area contributed by atoms with Crippen molar-refractivity contribution in [2.75, 3.05) is 26.3 Å². The maximum absolute atomic E-state index is 13.4. The third-order valence-electron chi connectivity index (χ3n) is 14.5. The highest BCUT2D eigenvalue weighted by Crippen LogP contribution is 2.50. The first-order valence-corrected chi connectivity index (χ1v) is 23.3. The van der Waals surface area contributed by atoms with Crippen LogP contribution in [0.5, 0.6) is 0 Å². The number of pyridine rings is 2. The van der Waals surface area contributed by atoms with Crippen LogP contribution in [-0.2, 0) is 22.7 Å². The zero-order chi connectivity index (χ0) is 42.5. The molecule has 328 valence electrons. The summed E-state index contributed by atoms with van der Waals surface area (Å²) in [6.45, 7) is 10.7. The van der Waals surface area contributed by atoms with Gasteiger partial charge in [-0.3, -0.25) is 29.0 Å². The standard InChI is InChI=1S/2C24H35N3O3/c2*1-3-8-16-11-12-20-21-18(14-27(20)24(16)30)19(15-28)22(26(21)13-4-2)23(29)25-17-9-6-5-7-10-17/h2*3,8,11-12,17-19,21-22,28H,4-7,9-10,13-15H2,1-2H3,(H,25,29)/b8-3+;8-3-/t2*18-,19-,21+,22-/m00/s1. The number of aliphatic hydroxyl groups is 2. The van der Waals surface area contributed by atoms with Crippen LogP contribution in [0.1, 0.15) is 139 Å². The zero-order valence-electron chi connectivity index (χ0n) is 36.4. The predicted octanol–water partition coefficient (Wildman–Crippen LogP) is 5.41. The molecule has 2 aromatic rings. The van der Waals surface area contributed by atoms with E-state index in [0.29, 0.717) is 24.2 Å². The van der Waals surface area contributed by atoms with Gasteiger partial charge in [0, 0.05) is 84.6 Å². The van der Waals surface area contributed by atoms with Gasteiger partial charge in [-0.2, -0.15) is 0 Å². The Hall–Kier alpha value is -3.84. The number of rotatable bonds is 12. The number of aliphatic hydroxyl groups excluding tert-OH is 2. The topological polar surface area (TPSA) is 149 Å². The molecule has 12 heteroatoms. The van der Waals surface area contributed by atoms with E-state index in [2.05, 4.69) is 34.3 Å². The Morgan fingerprint density at radius 1 is 0.633 bits per heavy atom. The van der Waals surface area contributed by atoms with Crippen LogP contribution in [0.4, 0.5) is 0 Å². The van der Waals surface area contributed by atoms with Crippen molar-refractivity contribution in [1.29, 1.82) is 0 Å². The molecule has 4 fully saturated rings. The molecule has 0 aromatic carbocycles. The van der Waals surface area contributed by atoms with Gasteiger partial charge in [0.15, 0.2) is 0 Å². The van der Waals surface area contributed by atoms with Crippen molar-refractivity contribution in [3.63, 3.8) is 0 Å². The second kappa shape index (κ2) is 19.9. The quantitative estimate of drug-likeness (QED) is 0.222. The van der Waals surface area contributed by atoms with Gasteiger partial charge >= 0.3 is 0 Å². The summed E-state index contributed by atoms with van der Waals surface area (Å²) in [7, 11) is 0. The molecule has 2 amide bonds. The van der Waals surface area contributed by atoms with E-state index >= 15 is 0 Å². The zero-order valence-corrected chi connectivity index (χ0v) is 36.4. The van der Waals surface area contributed by atoms with Gasteiger partial charge < -0.3 is 30.0 Å². The average Bonchev–Trinajstić information content (AvgIpc) is 3.99. The monoisotopic (exact) mass is 827 g/mol. The minimum Gasteiger partial charge on any atom is -0.396 e. The summed E-state index contributed by atoms with van der Waals surface area (Å²) in [6.07, 6.45) is 20.7. The fourth-order valence-corrected chi connectivity index (χ4v) is 12.0. The summed E-state index contributed by atoms with van der Waals surface area (Å²) >= 11 is 0. The first-order chi connectivity index (χ1) is 29.2. The van der Waals surface area contributed by atoms with E-state index in [1.54, 1.807) is 0 Å². The number of allylic oxidation sites excluding steroid dienone is 2. The Labute approximate surface area is 356 Å². The van der Waals surface area contributed by atoms with Gasteiger partial charge in [-0.1, -0.05) is 76.7 Å². The van der Waals surface area contributed by atoms with Crippen LogP contribution in [0.3, 0.4) is 0 Å². The SMILES string of the molecule is C/C=C/c1ccc2n(c1=O)C[C@H]1[C@H](CO)[C@@H](C(=O)NC3CCCCC3)N(CCC)[C@@H]21.C/C=C\c1ccc2n(c1=O)C[C@H]1[C@H](CO)[C@@H](C(=O)NC3CCCCC3)N(CCC)[C@@H]21. The minimum absolute atomic E-state index is 0.0107. The highest BCUT2D eigenvalue weighted by atomic mass is 16.3. The van der Waals surface area contributed by atoms with Gasteiger partial charge in [0.05, 0.1) is 24.2 Å². The Balaban J connectivity index is 0.000000181. The van der Waals surface area contributed by atoms with E-state index in [0.717, 1.165) is 63.0 Å². The predicted molar refractivity (Wildman–Crippen MR) is 236 cm³/mol. The molecule has 60 heavy (non-hydrogen) atoms. The van der Waals surface area contributed by atoms with Gasteiger partial charge in [-0.25, -0.2) is 0 Å². The Bertz CT molecular complexity index is 1850. The summed E-state index contributed by atoms with van der Waals surface area (Å²) in [6, 6.07) is 7.75. The molecule has 0 bridgehead atoms. The lowest BCUT2D eigenvalue weighted by molar-refractivity contribution is -0.129. The van der Waals surface area contributed by atoms with Crippen molar-refractivity contribution >= 4 is 24.0 Å². The molecule has 12 nitrogen and oxygen atoms in total. The smallest absolute Gasteiger partial charge is 0.258 e. The summed E-state index contributed by atoms with van der Waals surface area (Å²) in [4.78, 5) is 57.2. The molecule has 8 rings (SSSR count). The van der Waals surface area contributed by atoms with Gasteiger partial charge in [0.2, 0.25) is 11.8 Å². The molecule has 2 aromatic heterocycles. The largest absolute Gasteiger partial charge is 0.396 e. The third kappa shape index (κ3) is 8.50. The number of aromatic nitrogens is 2. The van der Waals surface area contributed by atoms with Crippen LogP contribution in [-0.4, -0.2) is 91.4 Å². The number of amides is 2. The van der Waals surface area contributed by atoms with Gasteiger partial charge in [0.25, 0.3) is 11.1 Å². The van der Waals surface area contributed by atoms with Crippen LogP contribution < -0.4 is 21.8 Å². The lowest BCUT2D eigenvalue weighted by atomic mass is 9.87.